The van der Waals surface area contributed by atoms with E-state index in [1.54, 1.807) is 0 Å². The lowest BCUT2D eigenvalue weighted by molar-refractivity contribution is -0.137. The van der Waals surface area contributed by atoms with Gasteiger partial charge in [0.1, 0.15) is 18.3 Å². The Morgan fingerprint density at radius 3 is 2.24 bits per heavy atom. The number of hydrogen-bond acceptors (Lipinski definition) is 4. The third kappa shape index (κ3) is 5.38. The second-order valence-corrected chi connectivity index (χ2v) is 9.00. The maximum absolute atomic E-state index is 14.2. The molecule has 2 aromatic rings. The number of alkyl halides is 1. The topological polar surface area (TPSA) is 105 Å². The molecule has 8 heteroatoms. The Labute approximate surface area is 197 Å². The molecule has 1 unspecified atom stereocenters. The summed E-state index contributed by atoms with van der Waals surface area (Å²) in [4.78, 5) is 36.1. The fourth-order valence-corrected chi connectivity index (χ4v) is 4.66. The first kappa shape index (κ1) is 23.7. The Morgan fingerprint density at radius 1 is 1.06 bits per heavy atom. The van der Waals surface area contributed by atoms with Gasteiger partial charge in [0.25, 0.3) is 0 Å². The molecular weight excluding hydrogens is 439 g/mol. The van der Waals surface area contributed by atoms with Gasteiger partial charge in [-0.15, -0.1) is 0 Å². The number of ether oxygens (including phenoxy) is 1. The van der Waals surface area contributed by atoms with Gasteiger partial charge < -0.3 is 20.5 Å². The van der Waals surface area contributed by atoms with Gasteiger partial charge in [0.15, 0.2) is 0 Å². The molecule has 34 heavy (non-hydrogen) atoms. The smallest absolute Gasteiger partial charge is 0.407 e. The molecule has 1 saturated carbocycles. The third-order valence-electron chi connectivity index (χ3n) is 6.72. The number of amides is 2. The first-order valence-electron chi connectivity index (χ1n) is 11.7. The van der Waals surface area contributed by atoms with Crippen molar-refractivity contribution in [3.8, 4) is 11.1 Å². The molecule has 1 atom stereocenters. The quantitative estimate of drug-likeness (QED) is 0.486. The summed E-state index contributed by atoms with van der Waals surface area (Å²) in [6.45, 7) is 0.211. The highest BCUT2D eigenvalue weighted by Gasteiger charge is 2.36. The molecule has 2 aliphatic carbocycles. The number of alkyl carbamates (subject to hydrolysis) is 1. The molecule has 0 bridgehead atoms. The average Bonchev–Trinajstić information content (AvgIpc) is 3.13. The number of halogens is 1. The Morgan fingerprint density at radius 2 is 1.68 bits per heavy atom. The van der Waals surface area contributed by atoms with Gasteiger partial charge in [0.2, 0.25) is 5.91 Å². The minimum Gasteiger partial charge on any atom is -0.481 e. The van der Waals surface area contributed by atoms with Crippen molar-refractivity contribution in [2.75, 3.05) is 13.2 Å². The van der Waals surface area contributed by atoms with Crippen molar-refractivity contribution in [2.24, 2.45) is 0 Å². The van der Waals surface area contributed by atoms with E-state index in [1.165, 1.54) is 0 Å². The van der Waals surface area contributed by atoms with Crippen molar-refractivity contribution in [3.63, 3.8) is 0 Å². The van der Waals surface area contributed by atoms with Gasteiger partial charge in [-0.1, -0.05) is 48.5 Å². The number of nitrogens with one attached hydrogen (secondary N) is 2. The lowest BCUT2D eigenvalue weighted by Crippen LogP contribution is -2.48. The average molecular weight is 469 g/mol. The fraction of sp³-hybridized carbons (Fsp3) is 0.423. The van der Waals surface area contributed by atoms with Gasteiger partial charge in [-0.25, -0.2) is 9.18 Å². The van der Waals surface area contributed by atoms with Gasteiger partial charge >= 0.3 is 12.1 Å². The Balaban J connectivity index is 1.35. The SMILES string of the molecule is O=C(O)CCC(NC(=O)OCC1c2ccccc2-c2ccccc21)C(=O)NCCC1(F)CCC1. The summed E-state index contributed by atoms with van der Waals surface area (Å²) >= 11 is 0. The van der Waals surface area contributed by atoms with E-state index in [1.807, 2.05) is 48.5 Å². The van der Waals surface area contributed by atoms with E-state index in [9.17, 15) is 18.8 Å². The van der Waals surface area contributed by atoms with Crippen LogP contribution in [0.4, 0.5) is 9.18 Å². The lowest BCUT2D eigenvalue weighted by atomic mass is 9.79. The molecule has 1 fully saturated rings. The summed E-state index contributed by atoms with van der Waals surface area (Å²) in [5.74, 6) is -1.75. The normalized spacial score (nSPS) is 16.5. The van der Waals surface area contributed by atoms with Crippen molar-refractivity contribution in [1.29, 1.82) is 0 Å². The van der Waals surface area contributed by atoms with Crippen LogP contribution in [0.2, 0.25) is 0 Å². The molecule has 2 aliphatic rings. The molecule has 0 aliphatic heterocycles. The van der Waals surface area contributed by atoms with Crippen LogP contribution >= 0.6 is 0 Å². The summed E-state index contributed by atoms with van der Waals surface area (Å²) in [6, 6.07) is 14.8. The number of fused-ring (bicyclic) bond motifs is 3. The molecule has 0 heterocycles. The van der Waals surface area contributed by atoms with Crippen molar-refractivity contribution in [2.45, 2.75) is 56.2 Å². The number of rotatable bonds is 10. The monoisotopic (exact) mass is 468 g/mol. The predicted molar refractivity (Wildman–Crippen MR) is 124 cm³/mol. The zero-order chi connectivity index (χ0) is 24.1. The molecule has 180 valence electrons. The summed E-state index contributed by atoms with van der Waals surface area (Å²) in [5, 5.41) is 14.1. The molecule has 2 amide bonds. The highest BCUT2D eigenvalue weighted by Crippen LogP contribution is 2.44. The molecular formula is C26H29FN2O5. The third-order valence-corrected chi connectivity index (χ3v) is 6.72. The minimum atomic E-state index is -1.23. The number of carbonyl (C=O) groups is 3. The van der Waals surface area contributed by atoms with Crippen LogP contribution in [0.5, 0.6) is 0 Å². The summed E-state index contributed by atoms with van der Waals surface area (Å²) in [6.07, 6.45) is 0.839. The Bertz CT molecular complexity index is 1020. The Kier molecular flexibility index (Phi) is 7.14. The zero-order valence-electron chi connectivity index (χ0n) is 18.9. The van der Waals surface area contributed by atoms with E-state index in [2.05, 4.69) is 10.6 Å². The van der Waals surface area contributed by atoms with Crippen LogP contribution in [0.25, 0.3) is 11.1 Å². The highest BCUT2D eigenvalue weighted by atomic mass is 19.1. The largest absolute Gasteiger partial charge is 0.481 e. The van der Waals surface area contributed by atoms with E-state index in [0.29, 0.717) is 12.8 Å². The van der Waals surface area contributed by atoms with Crippen LogP contribution in [0.1, 0.15) is 55.6 Å². The fourth-order valence-electron chi connectivity index (χ4n) is 4.66. The van der Waals surface area contributed by atoms with Crippen molar-refractivity contribution < 1.29 is 28.6 Å². The second-order valence-electron chi connectivity index (χ2n) is 9.00. The van der Waals surface area contributed by atoms with Crippen LogP contribution in [0.15, 0.2) is 48.5 Å². The number of benzene rings is 2. The Hall–Kier alpha value is -3.42. The standard InChI is InChI=1S/C26H29FN2O5/c27-26(12-5-13-26)14-15-28-24(32)22(10-11-23(30)31)29-25(33)34-16-21-19-8-3-1-6-17(19)18-7-2-4-9-20(18)21/h1-4,6-9,21-22H,5,10-16H2,(H,28,32)(H,29,33)(H,30,31). The molecule has 4 rings (SSSR count). The number of carbonyl (C=O) groups excluding carboxylic acids is 2. The van der Waals surface area contributed by atoms with Gasteiger partial charge in [-0.3, -0.25) is 9.59 Å². The van der Waals surface area contributed by atoms with Crippen LogP contribution in [0.3, 0.4) is 0 Å². The summed E-state index contributed by atoms with van der Waals surface area (Å²) in [7, 11) is 0. The van der Waals surface area contributed by atoms with Gasteiger partial charge in [0, 0.05) is 18.9 Å². The first-order chi connectivity index (χ1) is 16.4. The van der Waals surface area contributed by atoms with Gasteiger partial charge in [-0.05, 0) is 54.4 Å². The minimum absolute atomic E-state index is 0.0809. The molecule has 3 N–H and O–H groups in total. The summed E-state index contributed by atoms with van der Waals surface area (Å²) in [5.41, 5.74) is 3.09. The number of aliphatic carboxylic acids is 1. The van der Waals surface area contributed by atoms with E-state index in [0.717, 1.165) is 28.7 Å². The van der Waals surface area contributed by atoms with E-state index in [-0.39, 0.29) is 38.3 Å². The maximum Gasteiger partial charge on any atom is 0.407 e. The second kappa shape index (κ2) is 10.2. The van der Waals surface area contributed by atoms with Crippen molar-refractivity contribution in [1.82, 2.24) is 10.6 Å². The van der Waals surface area contributed by atoms with Crippen LogP contribution in [-0.2, 0) is 14.3 Å². The molecule has 0 spiro atoms. The molecule has 7 nitrogen and oxygen atoms in total. The molecule has 0 aromatic heterocycles. The maximum atomic E-state index is 14.2. The number of hydrogen-bond donors (Lipinski definition) is 3. The number of carboxylic acid groups (broad SMARTS) is 1. The number of carboxylic acids is 1. The zero-order valence-corrected chi connectivity index (χ0v) is 18.9. The lowest BCUT2D eigenvalue weighted by Gasteiger charge is -2.33. The molecule has 0 radical (unpaired) electrons. The van der Waals surface area contributed by atoms with Crippen LogP contribution < -0.4 is 10.6 Å². The van der Waals surface area contributed by atoms with Gasteiger partial charge in [-0.2, -0.15) is 0 Å². The van der Waals surface area contributed by atoms with Crippen molar-refractivity contribution in [3.05, 3.63) is 59.7 Å². The van der Waals surface area contributed by atoms with E-state index < -0.39 is 29.7 Å². The highest BCUT2D eigenvalue weighted by molar-refractivity contribution is 5.86. The van der Waals surface area contributed by atoms with Crippen LogP contribution in [0, 0.1) is 0 Å². The summed E-state index contributed by atoms with van der Waals surface area (Å²) < 4.78 is 19.6. The van der Waals surface area contributed by atoms with E-state index >= 15 is 0 Å². The molecule has 0 saturated heterocycles. The first-order valence-corrected chi connectivity index (χ1v) is 11.7. The van der Waals surface area contributed by atoms with Crippen LogP contribution in [-0.4, -0.2) is 47.9 Å². The van der Waals surface area contributed by atoms with E-state index in [4.69, 9.17) is 9.84 Å². The van der Waals surface area contributed by atoms with Crippen molar-refractivity contribution >= 4 is 18.0 Å². The van der Waals surface area contributed by atoms with Gasteiger partial charge in [0.05, 0.1) is 0 Å². The predicted octanol–water partition coefficient (Wildman–Crippen LogP) is 4.16. The molecule has 2 aromatic carbocycles.